The molecule has 7 nitrogen and oxygen atoms in total. The third-order valence-corrected chi connectivity index (χ3v) is 10.3. The molecule has 0 saturated carbocycles. The summed E-state index contributed by atoms with van der Waals surface area (Å²) in [4.78, 5) is 30.5. The molecule has 44 heavy (non-hydrogen) atoms. The maximum Gasteiger partial charge on any atom is 0.262 e. The van der Waals surface area contributed by atoms with Gasteiger partial charge in [0.2, 0.25) is 8.32 Å². The molecule has 0 radical (unpaired) electrons. The monoisotopic (exact) mass is 597 g/mol. The zero-order chi connectivity index (χ0) is 30.1. The van der Waals surface area contributed by atoms with Crippen LogP contribution in [0.15, 0.2) is 84.6 Å². The predicted molar refractivity (Wildman–Crippen MR) is 175 cm³/mol. The molecule has 218 valence electrons. The minimum Gasteiger partial charge on any atom is -0.546 e. The number of ether oxygens (including phenoxy) is 1. The first-order chi connectivity index (χ1) is 21.2. The van der Waals surface area contributed by atoms with E-state index < -0.39 is 8.32 Å². The van der Waals surface area contributed by atoms with E-state index in [1.165, 1.54) is 4.90 Å². The van der Waals surface area contributed by atoms with Gasteiger partial charge in [-0.25, -0.2) is 0 Å². The van der Waals surface area contributed by atoms with E-state index in [0.29, 0.717) is 11.1 Å². The Morgan fingerprint density at radius 3 is 1.93 bits per heavy atom. The normalized spacial score (nSPS) is 19.1. The molecule has 0 fully saturated rings. The fourth-order valence-corrected chi connectivity index (χ4v) is 8.76. The van der Waals surface area contributed by atoms with Crippen LogP contribution < -0.4 is 4.74 Å². The Morgan fingerprint density at radius 1 is 0.773 bits per heavy atom. The average Bonchev–Trinajstić information content (AvgIpc) is 3.69. The molecule has 4 heterocycles. The van der Waals surface area contributed by atoms with Crippen molar-refractivity contribution in [3.8, 4) is 5.75 Å². The van der Waals surface area contributed by atoms with Crippen LogP contribution in [0, 0.1) is 0 Å². The number of allylic oxidation sites excluding steroid dienone is 2. The van der Waals surface area contributed by atoms with Gasteiger partial charge in [-0.2, -0.15) is 0 Å². The van der Waals surface area contributed by atoms with Crippen molar-refractivity contribution < 1.29 is 18.8 Å². The zero-order valence-corrected chi connectivity index (χ0v) is 26.0. The van der Waals surface area contributed by atoms with Gasteiger partial charge in [0.15, 0.2) is 0 Å². The van der Waals surface area contributed by atoms with Crippen molar-refractivity contribution >= 4 is 63.7 Å². The van der Waals surface area contributed by atoms with Gasteiger partial charge < -0.3 is 18.3 Å². The SMILES string of the molecule is COc1ccc(CN2C(=O)c3c(c4c5ccccc5n5c4c4c3c3ccccc3n4C3C=C(O[Si](C)(C)C)C5C3)C2=O)cc1. The lowest BCUT2D eigenvalue weighted by atomic mass is 9.96. The average molecular weight is 598 g/mol. The van der Waals surface area contributed by atoms with Crippen molar-refractivity contribution in [2.24, 2.45) is 0 Å². The summed E-state index contributed by atoms with van der Waals surface area (Å²) in [6, 6.07) is 24.2. The number of para-hydroxylation sites is 2. The van der Waals surface area contributed by atoms with Gasteiger partial charge in [-0.15, -0.1) is 0 Å². The molecule has 2 bridgehead atoms. The number of carbonyl (C=O) groups is 2. The van der Waals surface area contributed by atoms with Crippen LogP contribution in [0.4, 0.5) is 0 Å². The number of fused-ring (bicyclic) bond motifs is 13. The molecule has 9 rings (SSSR count). The molecular formula is C36H31N3O4Si. The lowest BCUT2D eigenvalue weighted by Crippen LogP contribution is -2.29. The van der Waals surface area contributed by atoms with Gasteiger partial charge in [-0.05, 0) is 62.0 Å². The summed E-state index contributed by atoms with van der Waals surface area (Å²) in [7, 11) is -0.290. The summed E-state index contributed by atoms with van der Waals surface area (Å²) in [5.41, 5.74) is 6.07. The molecule has 0 spiro atoms. The number of hydrogen-bond donors (Lipinski definition) is 0. The molecule has 2 aromatic heterocycles. The minimum atomic E-state index is -1.91. The molecule has 1 aliphatic carbocycles. The Hall–Kier alpha value is -4.82. The van der Waals surface area contributed by atoms with Crippen LogP contribution in [0.2, 0.25) is 19.6 Å². The lowest BCUT2D eigenvalue weighted by Gasteiger charge is -2.26. The van der Waals surface area contributed by atoms with E-state index in [4.69, 9.17) is 9.16 Å². The zero-order valence-electron chi connectivity index (χ0n) is 25.0. The number of amides is 2. The molecule has 0 N–H and O–H groups in total. The van der Waals surface area contributed by atoms with E-state index in [-0.39, 0.29) is 30.4 Å². The Bertz CT molecular complexity index is 2290. The van der Waals surface area contributed by atoms with Gasteiger partial charge >= 0.3 is 0 Å². The smallest absolute Gasteiger partial charge is 0.262 e. The Labute approximate surface area is 255 Å². The van der Waals surface area contributed by atoms with Crippen molar-refractivity contribution in [3.05, 3.63) is 101 Å². The van der Waals surface area contributed by atoms with E-state index in [1.54, 1.807) is 7.11 Å². The fraction of sp³-hybridized carbons (Fsp3) is 0.222. The highest BCUT2D eigenvalue weighted by atomic mass is 28.4. The Balaban J connectivity index is 1.40. The maximum atomic E-state index is 14.5. The third-order valence-electron chi connectivity index (χ3n) is 9.43. The number of carbonyl (C=O) groups excluding carboxylic acids is 2. The van der Waals surface area contributed by atoms with Gasteiger partial charge in [0.1, 0.15) is 11.5 Å². The van der Waals surface area contributed by atoms with E-state index in [1.807, 2.05) is 36.4 Å². The van der Waals surface area contributed by atoms with Crippen LogP contribution in [-0.2, 0) is 11.0 Å². The van der Waals surface area contributed by atoms with Gasteiger partial charge in [0, 0.05) is 32.6 Å². The van der Waals surface area contributed by atoms with Gasteiger partial charge in [0.05, 0.1) is 47.9 Å². The number of aromatic nitrogens is 2. The molecule has 0 saturated heterocycles. The quantitative estimate of drug-likeness (QED) is 0.149. The van der Waals surface area contributed by atoms with Gasteiger partial charge in [0.25, 0.3) is 11.8 Å². The number of benzene rings is 4. The van der Waals surface area contributed by atoms with Gasteiger partial charge in [-0.1, -0.05) is 48.5 Å². The number of nitrogens with zero attached hydrogens (tertiary/aromatic N) is 3. The number of hydrogen-bond acceptors (Lipinski definition) is 4. The summed E-state index contributed by atoms with van der Waals surface area (Å²) in [6.45, 7) is 6.86. The number of imide groups is 1. The number of methoxy groups -OCH3 is 1. The molecule has 2 atom stereocenters. The summed E-state index contributed by atoms with van der Waals surface area (Å²) < 4.78 is 16.9. The first kappa shape index (κ1) is 25.7. The van der Waals surface area contributed by atoms with Crippen LogP contribution in [0.5, 0.6) is 5.75 Å². The molecule has 4 aromatic carbocycles. The first-order valence-electron chi connectivity index (χ1n) is 15.2. The highest BCUT2D eigenvalue weighted by Crippen LogP contribution is 2.54. The predicted octanol–water partition coefficient (Wildman–Crippen LogP) is 7.94. The van der Waals surface area contributed by atoms with Crippen molar-refractivity contribution in [1.29, 1.82) is 0 Å². The second-order valence-electron chi connectivity index (χ2n) is 13.1. The molecule has 3 aliphatic rings. The van der Waals surface area contributed by atoms with E-state index in [9.17, 15) is 9.59 Å². The van der Waals surface area contributed by atoms with Crippen molar-refractivity contribution in [2.75, 3.05) is 7.11 Å². The van der Waals surface area contributed by atoms with Gasteiger partial charge in [-0.3, -0.25) is 14.5 Å². The Morgan fingerprint density at radius 2 is 1.34 bits per heavy atom. The van der Waals surface area contributed by atoms with Crippen LogP contribution in [-0.4, -0.2) is 41.3 Å². The molecular weight excluding hydrogens is 566 g/mol. The molecule has 2 amide bonds. The summed E-state index contributed by atoms with van der Waals surface area (Å²) >= 11 is 0. The van der Waals surface area contributed by atoms with Crippen molar-refractivity contribution in [2.45, 2.75) is 44.7 Å². The fourth-order valence-electron chi connectivity index (χ4n) is 7.85. The second-order valence-corrected chi connectivity index (χ2v) is 17.5. The largest absolute Gasteiger partial charge is 0.546 e. The van der Waals surface area contributed by atoms with Crippen molar-refractivity contribution in [3.63, 3.8) is 0 Å². The molecule has 2 unspecified atom stereocenters. The highest BCUT2D eigenvalue weighted by molar-refractivity contribution is 6.70. The Kier molecular flexibility index (Phi) is 5.03. The van der Waals surface area contributed by atoms with Crippen LogP contribution >= 0.6 is 0 Å². The van der Waals surface area contributed by atoms with Crippen molar-refractivity contribution in [1.82, 2.24) is 14.0 Å². The molecule has 8 heteroatoms. The molecule has 6 aromatic rings. The van der Waals surface area contributed by atoms with E-state index >= 15 is 0 Å². The summed E-state index contributed by atoms with van der Waals surface area (Å²) in [5.74, 6) is 1.26. The van der Waals surface area contributed by atoms with E-state index in [2.05, 4.69) is 71.2 Å². The highest BCUT2D eigenvalue weighted by Gasteiger charge is 2.45. The third kappa shape index (κ3) is 3.26. The second kappa shape index (κ2) is 8.63. The minimum absolute atomic E-state index is 0.00311. The first-order valence-corrected chi connectivity index (χ1v) is 18.6. The topological polar surface area (TPSA) is 65.7 Å². The maximum absolute atomic E-state index is 14.5. The van der Waals surface area contributed by atoms with Crippen LogP contribution in [0.25, 0.3) is 43.6 Å². The molecule has 2 aliphatic heterocycles. The number of rotatable bonds is 5. The summed E-state index contributed by atoms with van der Waals surface area (Å²) in [5, 5.41) is 3.72. The van der Waals surface area contributed by atoms with Crippen LogP contribution in [0.1, 0.15) is 44.8 Å². The standard InChI is InChI=1S/C36H31N3O4Si/c1-42-22-15-13-20(14-16-22)19-37-35(40)31-29-23-9-5-7-11-25(23)38-21-17-27(28(18-21)43-44(2,3)4)39-26-12-8-6-10-24(26)30(32(31)36(37)41)34(39)33(29)38/h5-16,18,21,27H,17,19H2,1-4H3. The lowest BCUT2D eigenvalue weighted by molar-refractivity contribution is 0.0643. The summed E-state index contributed by atoms with van der Waals surface area (Å²) in [6.07, 6.45) is 3.15. The van der Waals surface area contributed by atoms with Crippen LogP contribution in [0.3, 0.4) is 0 Å². The van der Waals surface area contributed by atoms with E-state index in [0.717, 1.165) is 67.1 Å².